The van der Waals surface area contributed by atoms with Gasteiger partial charge in [-0.1, -0.05) is 30.3 Å². The average Bonchev–Trinajstić information content (AvgIpc) is 2.81. The number of nitrogens with zero attached hydrogens (tertiary/aromatic N) is 2. The molecule has 2 aromatic heterocycles. The first-order valence-electron chi connectivity index (χ1n) is 7.27. The summed E-state index contributed by atoms with van der Waals surface area (Å²) in [4.78, 5) is 7.89. The molecule has 0 aliphatic rings. The van der Waals surface area contributed by atoms with Gasteiger partial charge in [-0.15, -0.1) is 0 Å². The highest BCUT2D eigenvalue weighted by atomic mass is 32.1. The van der Waals surface area contributed by atoms with E-state index in [0.717, 1.165) is 34.5 Å². The number of aryl methyl sites for hydroxylation is 2. The average molecular weight is 297 g/mol. The van der Waals surface area contributed by atoms with E-state index in [4.69, 9.17) is 12.2 Å². The van der Waals surface area contributed by atoms with Gasteiger partial charge in [0.05, 0.1) is 5.52 Å². The highest BCUT2D eigenvalue weighted by Gasteiger charge is 2.12. The number of aromatic nitrogens is 3. The van der Waals surface area contributed by atoms with Crippen LogP contribution in [-0.4, -0.2) is 14.5 Å². The number of hydrogen-bond acceptors (Lipinski definition) is 2. The quantitative estimate of drug-likeness (QED) is 0.714. The lowest BCUT2D eigenvalue weighted by Gasteiger charge is -2.14. The summed E-state index contributed by atoms with van der Waals surface area (Å²) in [6.45, 7) is 4.21. The van der Waals surface area contributed by atoms with Gasteiger partial charge in [-0.2, -0.15) is 0 Å². The van der Waals surface area contributed by atoms with Crippen LogP contribution in [-0.2, 0) is 6.42 Å². The summed E-state index contributed by atoms with van der Waals surface area (Å²) in [5.41, 5.74) is 4.35. The summed E-state index contributed by atoms with van der Waals surface area (Å²) < 4.78 is 2.89. The molecule has 3 rings (SSSR count). The van der Waals surface area contributed by atoms with E-state index in [1.165, 1.54) is 5.56 Å². The van der Waals surface area contributed by atoms with Crippen LogP contribution in [0, 0.1) is 11.7 Å². The molecule has 1 aromatic carbocycles. The van der Waals surface area contributed by atoms with Crippen molar-refractivity contribution in [2.75, 3.05) is 0 Å². The lowest BCUT2D eigenvalue weighted by molar-refractivity contribution is 0.511. The van der Waals surface area contributed by atoms with E-state index in [1.807, 2.05) is 19.1 Å². The van der Waals surface area contributed by atoms with E-state index in [1.54, 1.807) is 0 Å². The molecular formula is C17H19N3S. The molecule has 4 heteroatoms. The predicted octanol–water partition coefficient (Wildman–Crippen LogP) is 4.60. The number of imidazole rings is 1. The van der Waals surface area contributed by atoms with Crippen LogP contribution in [0.15, 0.2) is 42.5 Å². The molecule has 0 radical (unpaired) electrons. The van der Waals surface area contributed by atoms with Gasteiger partial charge in [0.1, 0.15) is 0 Å². The van der Waals surface area contributed by atoms with Crippen LogP contribution >= 0.6 is 12.2 Å². The van der Waals surface area contributed by atoms with E-state index >= 15 is 0 Å². The highest BCUT2D eigenvalue weighted by Crippen LogP contribution is 2.21. The third-order valence-electron chi connectivity index (χ3n) is 3.84. The Kier molecular flexibility index (Phi) is 3.88. The lowest BCUT2D eigenvalue weighted by atomic mass is 10.1. The van der Waals surface area contributed by atoms with Crippen molar-refractivity contribution in [2.45, 2.75) is 32.7 Å². The second-order valence-electron chi connectivity index (χ2n) is 5.50. The number of hydrogen-bond donors (Lipinski definition) is 1. The molecule has 0 spiro atoms. The monoisotopic (exact) mass is 297 g/mol. The summed E-state index contributed by atoms with van der Waals surface area (Å²) >= 11 is 5.47. The number of benzene rings is 1. The molecule has 0 aliphatic carbocycles. The van der Waals surface area contributed by atoms with Crippen molar-refractivity contribution < 1.29 is 0 Å². The summed E-state index contributed by atoms with van der Waals surface area (Å²) in [7, 11) is 0. The zero-order valence-corrected chi connectivity index (χ0v) is 13.2. The van der Waals surface area contributed by atoms with E-state index in [-0.39, 0.29) is 0 Å². The number of pyridine rings is 1. The molecular weight excluding hydrogens is 278 g/mol. The molecule has 1 atom stereocenters. The lowest BCUT2D eigenvalue weighted by Crippen LogP contribution is -2.07. The molecule has 108 valence electrons. The minimum Gasteiger partial charge on any atom is -0.329 e. The molecule has 0 fully saturated rings. The SMILES string of the molecule is Cc1ccc2[nH]c(=S)n(C(C)CCc3ccccc3)c2n1. The first-order valence-corrected chi connectivity index (χ1v) is 7.68. The summed E-state index contributed by atoms with van der Waals surface area (Å²) in [6, 6.07) is 14.9. The fourth-order valence-electron chi connectivity index (χ4n) is 2.65. The van der Waals surface area contributed by atoms with Gasteiger partial charge in [0.25, 0.3) is 0 Å². The second-order valence-corrected chi connectivity index (χ2v) is 5.88. The fraction of sp³-hybridized carbons (Fsp3) is 0.294. The van der Waals surface area contributed by atoms with Crippen LogP contribution in [0.4, 0.5) is 0 Å². The highest BCUT2D eigenvalue weighted by molar-refractivity contribution is 7.71. The zero-order valence-electron chi connectivity index (χ0n) is 12.3. The predicted molar refractivity (Wildman–Crippen MR) is 89.1 cm³/mol. The normalized spacial score (nSPS) is 12.7. The van der Waals surface area contributed by atoms with E-state index < -0.39 is 0 Å². The number of H-pyrrole nitrogens is 1. The summed E-state index contributed by atoms with van der Waals surface area (Å²) in [6.07, 6.45) is 2.09. The molecule has 3 aromatic rings. The van der Waals surface area contributed by atoms with Crippen molar-refractivity contribution in [1.29, 1.82) is 0 Å². The van der Waals surface area contributed by atoms with Crippen LogP contribution in [0.25, 0.3) is 11.2 Å². The largest absolute Gasteiger partial charge is 0.329 e. The van der Waals surface area contributed by atoms with Gasteiger partial charge in [-0.25, -0.2) is 4.98 Å². The molecule has 0 aliphatic heterocycles. The van der Waals surface area contributed by atoms with Crippen molar-refractivity contribution in [3.05, 3.63) is 58.5 Å². The maximum Gasteiger partial charge on any atom is 0.179 e. The number of fused-ring (bicyclic) bond motifs is 1. The van der Waals surface area contributed by atoms with E-state index in [0.29, 0.717) is 6.04 Å². The number of aromatic amines is 1. The maximum atomic E-state index is 5.47. The van der Waals surface area contributed by atoms with Gasteiger partial charge in [-0.3, -0.25) is 4.57 Å². The fourth-order valence-corrected chi connectivity index (χ4v) is 3.03. The number of rotatable bonds is 4. The Labute approximate surface area is 129 Å². The molecule has 21 heavy (non-hydrogen) atoms. The molecule has 0 amide bonds. The topological polar surface area (TPSA) is 33.6 Å². The van der Waals surface area contributed by atoms with Crippen molar-refractivity contribution in [3.8, 4) is 0 Å². The summed E-state index contributed by atoms with van der Waals surface area (Å²) in [5, 5.41) is 0. The minimum absolute atomic E-state index is 0.320. The Morgan fingerprint density at radius 3 is 2.71 bits per heavy atom. The molecule has 0 saturated carbocycles. The molecule has 0 bridgehead atoms. The van der Waals surface area contributed by atoms with Gasteiger partial charge in [0.15, 0.2) is 10.4 Å². The zero-order chi connectivity index (χ0) is 14.8. The third-order valence-corrected chi connectivity index (χ3v) is 4.14. The minimum atomic E-state index is 0.320. The van der Waals surface area contributed by atoms with Crippen LogP contribution in [0.2, 0.25) is 0 Å². The third kappa shape index (κ3) is 2.90. The van der Waals surface area contributed by atoms with Crippen molar-refractivity contribution >= 4 is 23.4 Å². The maximum absolute atomic E-state index is 5.47. The number of nitrogens with one attached hydrogen (secondary N) is 1. The molecule has 2 heterocycles. The van der Waals surface area contributed by atoms with Crippen LogP contribution in [0.1, 0.15) is 30.6 Å². The Bertz CT molecular complexity index is 802. The Morgan fingerprint density at radius 1 is 1.19 bits per heavy atom. The van der Waals surface area contributed by atoms with Crippen LogP contribution in [0.3, 0.4) is 0 Å². The van der Waals surface area contributed by atoms with Gasteiger partial charge in [0.2, 0.25) is 0 Å². The molecule has 1 N–H and O–H groups in total. The molecule has 3 nitrogen and oxygen atoms in total. The van der Waals surface area contributed by atoms with Crippen molar-refractivity contribution in [1.82, 2.24) is 14.5 Å². The van der Waals surface area contributed by atoms with Crippen LogP contribution in [0.5, 0.6) is 0 Å². The first-order chi connectivity index (χ1) is 10.1. The molecule has 1 unspecified atom stereocenters. The Balaban J connectivity index is 1.87. The van der Waals surface area contributed by atoms with E-state index in [2.05, 4.69) is 51.8 Å². The van der Waals surface area contributed by atoms with Crippen molar-refractivity contribution in [2.24, 2.45) is 0 Å². The van der Waals surface area contributed by atoms with Gasteiger partial charge < -0.3 is 4.98 Å². The molecule has 0 saturated heterocycles. The Hall–Kier alpha value is -1.94. The first kappa shape index (κ1) is 14.0. The standard InChI is InChI=1S/C17H19N3S/c1-12-8-11-15-16(18-12)20(17(21)19-15)13(2)9-10-14-6-4-3-5-7-14/h3-8,11,13H,9-10H2,1-2H3,(H,19,21). The van der Waals surface area contributed by atoms with Crippen molar-refractivity contribution in [3.63, 3.8) is 0 Å². The smallest absolute Gasteiger partial charge is 0.179 e. The van der Waals surface area contributed by atoms with Gasteiger partial charge in [0, 0.05) is 11.7 Å². The van der Waals surface area contributed by atoms with E-state index in [9.17, 15) is 0 Å². The van der Waals surface area contributed by atoms with Crippen LogP contribution < -0.4 is 0 Å². The second kappa shape index (κ2) is 5.82. The summed E-state index contributed by atoms with van der Waals surface area (Å²) in [5.74, 6) is 0. The Morgan fingerprint density at radius 2 is 1.95 bits per heavy atom. The van der Waals surface area contributed by atoms with Gasteiger partial charge in [-0.05, 0) is 56.6 Å². The van der Waals surface area contributed by atoms with Gasteiger partial charge >= 0.3 is 0 Å².